The molecule has 2 aromatic rings. The van der Waals surface area contributed by atoms with Crippen LogP contribution in [-0.2, 0) is 11.9 Å². The van der Waals surface area contributed by atoms with Crippen LogP contribution in [0.25, 0.3) is 11.3 Å². The molecule has 0 saturated heterocycles. The Balaban J connectivity index is 2.34. The summed E-state index contributed by atoms with van der Waals surface area (Å²) in [6.07, 6.45) is 0. The van der Waals surface area contributed by atoms with Crippen molar-refractivity contribution in [3.8, 4) is 11.3 Å². The molecular weight excluding hydrogens is 237 g/mol. The van der Waals surface area contributed by atoms with Gasteiger partial charge < -0.3 is 0 Å². The first-order valence-electron chi connectivity index (χ1n) is 5.25. The molecular formula is C12H12FN3O2. The molecule has 0 aliphatic rings. The highest BCUT2D eigenvalue weighted by Crippen LogP contribution is 2.20. The molecule has 0 unspecified atom stereocenters. The van der Waals surface area contributed by atoms with Gasteiger partial charge in [0.2, 0.25) is 0 Å². The van der Waals surface area contributed by atoms with Crippen molar-refractivity contribution in [1.29, 1.82) is 0 Å². The number of halogens is 1. The van der Waals surface area contributed by atoms with E-state index in [1.807, 2.05) is 0 Å². The predicted molar refractivity (Wildman–Crippen MR) is 63.1 cm³/mol. The lowest BCUT2D eigenvalue weighted by Gasteiger charge is -2.00. The van der Waals surface area contributed by atoms with E-state index < -0.39 is 5.91 Å². The summed E-state index contributed by atoms with van der Waals surface area (Å²) in [6.45, 7) is 0. The van der Waals surface area contributed by atoms with E-state index in [2.05, 4.69) is 15.4 Å². The van der Waals surface area contributed by atoms with Crippen LogP contribution in [0.5, 0.6) is 0 Å². The van der Waals surface area contributed by atoms with Gasteiger partial charge in [0.25, 0.3) is 5.91 Å². The van der Waals surface area contributed by atoms with E-state index in [1.165, 1.54) is 19.2 Å². The number of hydrogen-bond donors (Lipinski definition) is 1. The summed E-state index contributed by atoms with van der Waals surface area (Å²) in [5, 5.41) is 4.06. The van der Waals surface area contributed by atoms with Gasteiger partial charge in [-0.1, -0.05) is 0 Å². The second kappa shape index (κ2) is 4.97. The lowest BCUT2D eigenvalue weighted by Crippen LogP contribution is -2.22. The summed E-state index contributed by atoms with van der Waals surface area (Å²) >= 11 is 0. The Labute approximate surface area is 103 Å². The molecule has 1 heterocycles. The minimum atomic E-state index is -0.429. The van der Waals surface area contributed by atoms with Gasteiger partial charge in [0.15, 0.2) is 5.69 Å². The Kier molecular flexibility index (Phi) is 3.38. The standard InChI is InChI=1S/C12H12FN3O2/c1-16-11(8-3-5-9(13)6-4-8)7-10(14-16)12(17)15-18-2/h3-7H,1-2H3,(H,15,17). The van der Waals surface area contributed by atoms with Crippen LogP contribution in [0.15, 0.2) is 30.3 Å². The van der Waals surface area contributed by atoms with Crippen LogP contribution >= 0.6 is 0 Å². The highest BCUT2D eigenvalue weighted by Gasteiger charge is 2.13. The van der Waals surface area contributed by atoms with Crippen LogP contribution < -0.4 is 5.48 Å². The lowest BCUT2D eigenvalue weighted by atomic mass is 10.1. The van der Waals surface area contributed by atoms with Gasteiger partial charge in [0, 0.05) is 7.05 Å². The quantitative estimate of drug-likeness (QED) is 0.839. The third-order valence-corrected chi connectivity index (χ3v) is 2.45. The molecule has 0 aliphatic heterocycles. The van der Waals surface area contributed by atoms with Gasteiger partial charge in [0.05, 0.1) is 12.8 Å². The summed E-state index contributed by atoms with van der Waals surface area (Å²) in [7, 11) is 3.06. The molecule has 0 atom stereocenters. The number of hydrogen-bond acceptors (Lipinski definition) is 3. The lowest BCUT2D eigenvalue weighted by molar-refractivity contribution is 0.0531. The number of rotatable bonds is 3. The smallest absolute Gasteiger partial charge is 0.277 e. The first-order valence-corrected chi connectivity index (χ1v) is 5.25. The molecule has 1 N–H and O–H groups in total. The third-order valence-electron chi connectivity index (χ3n) is 2.45. The number of carbonyl (C=O) groups excluding carboxylic acids is 1. The number of aromatic nitrogens is 2. The molecule has 2 rings (SSSR count). The van der Waals surface area contributed by atoms with Gasteiger partial charge in [0.1, 0.15) is 5.82 Å². The summed E-state index contributed by atoms with van der Waals surface area (Å²) in [4.78, 5) is 16.1. The minimum Gasteiger partial charge on any atom is -0.277 e. The van der Waals surface area contributed by atoms with Crippen LogP contribution in [-0.4, -0.2) is 22.8 Å². The fourth-order valence-electron chi connectivity index (χ4n) is 1.61. The van der Waals surface area contributed by atoms with Gasteiger partial charge in [-0.25, -0.2) is 9.87 Å². The van der Waals surface area contributed by atoms with E-state index >= 15 is 0 Å². The van der Waals surface area contributed by atoms with Gasteiger partial charge >= 0.3 is 0 Å². The van der Waals surface area contributed by atoms with Crippen molar-refractivity contribution in [3.63, 3.8) is 0 Å². The zero-order valence-corrected chi connectivity index (χ0v) is 9.98. The van der Waals surface area contributed by atoms with Gasteiger partial charge in [-0.05, 0) is 35.9 Å². The zero-order valence-electron chi connectivity index (χ0n) is 9.98. The van der Waals surface area contributed by atoms with E-state index in [1.54, 1.807) is 29.9 Å². The average molecular weight is 249 g/mol. The molecule has 1 amide bonds. The molecule has 0 spiro atoms. The monoisotopic (exact) mass is 249 g/mol. The van der Waals surface area contributed by atoms with Crippen LogP contribution in [0.3, 0.4) is 0 Å². The first kappa shape index (κ1) is 12.3. The Morgan fingerprint density at radius 2 is 2.06 bits per heavy atom. The zero-order chi connectivity index (χ0) is 13.1. The molecule has 1 aromatic carbocycles. The number of carbonyl (C=O) groups is 1. The van der Waals surface area contributed by atoms with Crippen molar-refractivity contribution in [2.45, 2.75) is 0 Å². The SMILES string of the molecule is CONC(=O)c1cc(-c2ccc(F)cc2)n(C)n1. The summed E-state index contributed by atoms with van der Waals surface area (Å²) in [5.74, 6) is -0.736. The highest BCUT2D eigenvalue weighted by molar-refractivity contribution is 5.92. The maximum Gasteiger partial charge on any atom is 0.295 e. The first-order chi connectivity index (χ1) is 8.61. The molecule has 0 aliphatic carbocycles. The second-order valence-electron chi connectivity index (χ2n) is 3.68. The molecule has 6 heteroatoms. The van der Waals surface area contributed by atoms with Crippen molar-refractivity contribution in [2.24, 2.45) is 7.05 Å². The van der Waals surface area contributed by atoms with Gasteiger partial charge in [-0.2, -0.15) is 5.10 Å². The molecule has 0 fully saturated rings. The van der Waals surface area contributed by atoms with Gasteiger partial charge in [-0.3, -0.25) is 14.3 Å². The number of aryl methyl sites for hydroxylation is 1. The highest BCUT2D eigenvalue weighted by atomic mass is 19.1. The summed E-state index contributed by atoms with van der Waals surface area (Å²) in [6, 6.07) is 7.59. The summed E-state index contributed by atoms with van der Waals surface area (Å²) < 4.78 is 14.4. The topological polar surface area (TPSA) is 56.1 Å². The van der Waals surface area contributed by atoms with Crippen LogP contribution in [0, 0.1) is 5.82 Å². The second-order valence-corrected chi connectivity index (χ2v) is 3.68. The van der Waals surface area contributed by atoms with Crippen LogP contribution in [0.4, 0.5) is 4.39 Å². The predicted octanol–water partition coefficient (Wildman–Crippen LogP) is 1.52. The van der Waals surface area contributed by atoms with Crippen molar-refractivity contribution >= 4 is 5.91 Å². The average Bonchev–Trinajstić information content (AvgIpc) is 2.73. The summed E-state index contributed by atoms with van der Waals surface area (Å²) in [5.41, 5.74) is 3.92. The normalized spacial score (nSPS) is 10.4. The number of hydroxylamine groups is 1. The fourth-order valence-corrected chi connectivity index (χ4v) is 1.61. The molecule has 5 nitrogen and oxygen atoms in total. The number of nitrogens with one attached hydrogen (secondary N) is 1. The van der Waals surface area contributed by atoms with Crippen molar-refractivity contribution in [1.82, 2.24) is 15.3 Å². The maximum absolute atomic E-state index is 12.8. The van der Waals surface area contributed by atoms with Gasteiger partial charge in [-0.15, -0.1) is 0 Å². The van der Waals surface area contributed by atoms with E-state index in [4.69, 9.17) is 0 Å². The number of amides is 1. The number of benzene rings is 1. The van der Waals surface area contributed by atoms with E-state index in [-0.39, 0.29) is 11.5 Å². The van der Waals surface area contributed by atoms with Crippen LogP contribution in [0.1, 0.15) is 10.5 Å². The maximum atomic E-state index is 12.8. The Bertz CT molecular complexity index is 563. The van der Waals surface area contributed by atoms with E-state index in [0.29, 0.717) is 0 Å². The minimum absolute atomic E-state index is 0.235. The Morgan fingerprint density at radius 1 is 1.39 bits per heavy atom. The van der Waals surface area contributed by atoms with Crippen molar-refractivity contribution < 1.29 is 14.0 Å². The molecule has 0 bridgehead atoms. The van der Waals surface area contributed by atoms with Crippen molar-refractivity contribution in [3.05, 3.63) is 41.8 Å². The Morgan fingerprint density at radius 3 is 2.67 bits per heavy atom. The van der Waals surface area contributed by atoms with E-state index in [0.717, 1.165) is 11.3 Å². The Hall–Kier alpha value is -2.21. The van der Waals surface area contributed by atoms with Crippen molar-refractivity contribution in [2.75, 3.05) is 7.11 Å². The van der Waals surface area contributed by atoms with Crippen LogP contribution in [0.2, 0.25) is 0 Å². The van der Waals surface area contributed by atoms with E-state index in [9.17, 15) is 9.18 Å². The molecule has 94 valence electrons. The largest absolute Gasteiger partial charge is 0.295 e. The fraction of sp³-hybridized carbons (Fsp3) is 0.167. The molecule has 0 radical (unpaired) electrons. The molecule has 18 heavy (non-hydrogen) atoms. The third kappa shape index (κ3) is 2.38. The number of nitrogens with zero attached hydrogens (tertiary/aromatic N) is 2. The molecule has 1 aromatic heterocycles. The molecule has 0 saturated carbocycles.